The molecule has 2 fully saturated rings. The van der Waals surface area contributed by atoms with Crippen LogP contribution in [-0.2, 0) is 4.79 Å². The number of benzene rings is 1. The Kier molecular flexibility index (Phi) is 4.94. The first-order valence-corrected chi connectivity index (χ1v) is 8.60. The van der Waals surface area contributed by atoms with Crippen LogP contribution in [0.1, 0.15) is 30.0 Å². The van der Waals surface area contributed by atoms with Gasteiger partial charge in [-0.05, 0) is 50.1 Å². The Labute approximate surface area is 146 Å². The second-order valence-corrected chi connectivity index (χ2v) is 7.00. The topological polar surface area (TPSA) is 64.1 Å². The molecule has 2 aliphatic heterocycles. The molecule has 1 N–H and O–H groups in total. The Morgan fingerprint density at radius 1 is 1.28 bits per heavy atom. The highest BCUT2D eigenvalue weighted by atomic mass is 19.1. The van der Waals surface area contributed by atoms with Crippen LogP contribution in [0, 0.1) is 12.7 Å². The van der Waals surface area contributed by atoms with Crippen molar-refractivity contribution in [3.63, 3.8) is 0 Å². The number of amides is 2. The summed E-state index contributed by atoms with van der Waals surface area (Å²) in [4.78, 5) is 29.4. The smallest absolute Gasteiger partial charge is 0.407 e. The number of rotatable bonds is 2. The van der Waals surface area contributed by atoms with Gasteiger partial charge in [-0.2, -0.15) is 0 Å². The van der Waals surface area contributed by atoms with Gasteiger partial charge >= 0.3 is 6.09 Å². The minimum absolute atomic E-state index is 0.0197. The number of likely N-dealkylation sites (N-methyl/N-ethyl adjacent to an activating group) is 1. The highest BCUT2D eigenvalue weighted by Gasteiger charge is 2.38. The van der Waals surface area contributed by atoms with Crippen molar-refractivity contribution in [2.75, 3.05) is 33.2 Å². The zero-order valence-corrected chi connectivity index (χ0v) is 14.6. The van der Waals surface area contributed by atoms with Crippen LogP contribution in [0.15, 0.2) is 18.2 Å². The van der Waals surface area contributed by atoms with Crippen molar-refractivity contribution in [3.05, 3.63) is 35.1 Å². The third-order valence-electron chi connectivity index (χ3n) is 5.30. The minimum Gasteiger partial charge on any atom is -0.465 e. The van der Waals surface area contributed by atoms with Crippen LogP contribution in [0.5, 0.6) is 0 Å². The van der Waals surface area contributed by atoms with Crippen LogP contribution in [0.4, 0.5) is 9.18 Å². The number of carboxylic acid groups (broad SMARTS) is 1. The van der Waals surface area contributed by atoms with Gasteiger partial charge in [-0.15, -0.1) is 0 Å². The summed E-state index contributed by atoms with van der Waals surface area (Å²) in [6.07, 6.45) is 0.212. The largest absolute Gasteiger partial charge is 0.465 e. The van der Waals surface area contributed by atoms with Gasteiger partial charge < -0.3 is 14.9 Å². The van der Waals surface area contributed by atoms with Gasteiger partial charge in [0, 0.05) is 25.7 Å². The van der Waals surface area contributed by atoms with E-state index in [-0.39, 0.29) is 23.8 Å². The summed E-state index contributed by atoms with van der Waals surface area (Å²) in [5, 5.41) is 9.56. The molecule has 3 rings (SSSR count). The van der Waals surface area contributed by atoms with Crippen LogP contribution in [-0.4, -0.2) is 71.1 Å². The van der Waals surface area contributed by atoms with E-state index in [0.29, 0.717) is 32.5 Å². The average Bonchev–Trinajstić information content (AvgIpc) is 2.54. The van der Waals surface area contributed by atoms with E-state index in [4.69, 9.17) is 0 Å². The lowest BCUT2D eigenvalue weighted by molar-refractivity contribution is -0.139. The van der Waals surface area contributed by atoms with Crippen molar-refractivity contribution in [2.45, 2.75) is 31.8 Å². The summed E-state index contributed by atoms with van der Waals surface area (Å²) in [6.45, 7) is 4.07. The summed E-state index contributed by atoms with van der Waals surface area (Å²) >= 11 is 0. The predicted molar refractivity (Wildman–Crippen MR) is 90.8 cm³/mol. The molecular weight excluding hydrogens is 325 g/mol. The fourth-order valence-corrected chi connectivity index (χ4v) is 3.96. The molecule has 2 saturated heterocycles. The van der Waals surface area contributed by atoms with Gasteiger partial charge in [-0.1, -0.05) is 6.07 Å². The number of aryl methyl sites for hydroxylation is 1. The Hall–Kier alpha value is -2.15. The monoisotopic (exact) mass is 349 g/mol. The standard InChI is InChI=1S/C18H24FN3O3/c1-12-9-13(19)3-4-15(12)16-10-14(5-6-22(16)18(24)25)21-8-7-20(2)11-17(21)23/h3-4,9,14,16H,5-8,10-11H2,1-2H3,(H,24,25). The molecule has 0 bridgehead atoms. The molecule has 2 atom stereocenters. The molecule has 2 aliphatic rings. The Morgan fingerprint density at radius 3 is 2.68 bits per heavy atom. The van der Waals surface area contributed by atoms with E-state index in [9.17, 15) is 19.1 Å². The van der Waals surface area contributed by atoms with Crippen molar-refractivity contribution in [2.24, 2.45) is 0 Å². The maximum Gasteiger partial charge on any atom is 0.407 e. The van der Waals surface area contributed by atoms with Crippen molar-refractivity contribution < 1.29 is 19.1 Å². The molecule has 2 heterocycles. The molecule has 7 heteroatoms. The van der Waals surface area contributed by atoms with E-state index < -0.39 is 6.09 Å². The van der Waals surface area contributed by atoms with Crippen LogP contribution < -0.4 is 0 Å². The Morgan fingerprint density at radius 2 is 2.04 bits per heavy atom. The van der Waals surface area contributed by atoms with Crippen molar-refractivity contribution in [3.8, 4) is 0 Å². The highest BCUT2D eigenvalue weighted by Crippen LogP contribution is 2.35. The Balaban J connectivity index is 1.85. The molecule has 0 spiro atoms. The first kappa shape index (κ1) is 17.7. The van der Waals surface area contributed by atoms with Gasteiger partial charge in [-0.25, -0.2) is 9.18 Å². The SMILES string of the molecule is Cc1cc(F)ccc1C1CC(N2CCN(C)CC2=O)CCN1C(=O)O. The zero-order chi connectivity index (χ0) is 18.1. The molecule has 0 radical (unpaired) electrons. The number of carbonyl (C=O) groups is 2. The fraction of sp³-hybridized carbons (Fsp3) is 0.556. The lowest BCUT2D eigenvalue weighted by Crippen LogP contribution is -2.56. The summed E-state index contributed by atoms with van der Waals surface area (Å²) in [6, 6.07) is 4.13. The molecule has 0 aromatic heterocycles. The second kappa shape index (κ2) is 7.00. The third kappa shape index (κ3) is 3.61. The summed E-state index contributed by atoms with van der Waals surface area (Å²) < 4.78 is 13.4. The van der Waals surface area contributed by atoms with E-state index in [0.717, 1.165) is 17.7 Å². The zero-order valence-electron chi connectivity index (χ0n) is 14.6. The normalized spacial score (nSPS) is 25.3. The summed E-state index contributed by atoms with van der Waals surface area (Å²) in [5.74, 6) is -0.234. The van der Waals surface area contributed by atoms with E-state index in [1.807, 2.05) is 16.8 Å². The van der Waals surface area contributed by atoms with Gasteiger partial charge in [0.05, 0.1) is 12.6 Å². The number of carbonyl (C=O) groups excluding carboxylic acids is 1. The molecule has 6 nitrogen and oxygen atoms in total. The molecule has 1 aromatic carbocycles. The predicted octanol–water partition coefficient (Wildman–Crippen LogP) is 2.09. The van der Waals surface area contributed by atoms with Crippen molar-refractivity contribution >= 4 is 12.0 Å². The molecule has 136 valence electrons. The van der Waals surface area contributed by atoms with E-state index in [2.05, 4.69) is 0 Å². The van der Waals surface area contributed by atoms with E-state index in [1.54, 1.807) is 13.0 Å². The van der Waals surface area contributed by atoms with Crippen LogP contribution in [0.25, 0.3) is 0 Å². The van der Waals surface area contributed by atoms with Crippen LogP contribution >= 0.6 is 0 Å². The molecule has 2 unspecified atom stereocenters. The van der Waals surface area contributed by atoms with E-state index >= 15 is 0 Å². The molecule has 0 saturated carbocycles. The number of piperidine rings is 1. The van der Waals surface area contributed by atoms with Crippen LogP contribution in [0.2, 0.25) is 0 Å². The number of halogens is 1. The first-order valence-electron chi connectivity index (χ1n) is 8.60. The highest BCUT2D eigenvalue weighted by molar-refractivity contribution is 5.79. The lowest BCUT2D eigenvalue weighted by atomic mass is 9.88. The van der Waals surface area contributed by atoms with Gasteiger partial charge in [0.2, 0.25) is 5.91 Å². The summed E-state index contributed by atoms with van der Waals surface area (Å²) in [5.41, 5.74) is 1.55. The van der Waals surface area contributed by atoms with Crippen LogP contribution in [0.3, 0.4) is 0 Å². The average molecular weight is 349 g/mol. The lowest BCUT2D eigenvalue weighted by Gasteiger charge is -2.45. The maximum atomic E-state index is 13.4. The van der Waals surface area contributed by atoms with E-state index in [1.165, 1.54) is 17.0 Å². The number of hydrogen-bond donors (Lipinski definition) is 1. The number of hydrogen-bond acceptors (Lipinski definition) is 3. The molecule has 0 aliphatic carbocycles. The third-order valence-corrected chi connectivity index (χ3v) is 5.30. The first-order chi connectivity index (χ1) is 11.9. The van der Waals surface area contributed by atoms with Crippen molar-refractivity contribution in [1.82, 2.24) is 14.7 Å². The molecular formula is C18H24FN3O3. The van der Waals surface area contributed by atoms with Gasteiger partial charge in [0.15, 0.2) is 0 Å². The molecule has 1 aromatic rings. The minimum atomic E-state index is -0.975. The number of nitrogens with zero attached hydrogens (tertiary/aromatic N) is 3. The van der Waals surface area contributed by atoms with Gasteiger partial charge in [-0.3, -0.25) is 9.69 Å². The molecule has 25 heavy (non-hydrogen) atoms. The summed E-state index contributed by atoms with van der Waals surface area (Å²) in [7, 11) is 1.92. The van der Waals surface area contributed by atoms with Crippen molar-refractivity contribution in [1.29, 1.82) is 0 Å². The maximum absolute atomic E-state index is 13.4. The second-order valence-electron chi connectivity index (χ2n) is 7.00. The fourth-order valence-electron chi connectivity index (χ4n) is 3.96. The van der Waals surface area contributed by atoms with Gasteiger partial charge in [0.25, 0.3) is 0 Å². The molecule has 2 amide bonds. The van der Waals surface area contributed by atoms with Gasteiger partial charge in [0.1, 0.15) is 5.82 Å². The number of piperazine rings is 1. The number of likely N-dealkylation sites (tertiary alicyclic amines) is 1. The quantitative estimate of drug-likeness (QED) is 0.888. The Bertz CT molecular complexity index is 682.